The largest absolute Gasteiger partial charge is 0.469 e. The molecule has 1 rings (SSSR count). The molecular formula is C15H22N2O3S. The van der Waals surface area contributed by atoms with Gasteiger partial charge in [-0.05, 0) is 17.7 Å². The first kappa shape index (κ1) is 17.5. The first-order valence-corrected chi connectivity index (χ1v) is 7.96. The molecule has 6 heteroatoms. The number of benzene rings is 1. The molecule has 0 aliphatic heterocycles. The van der Waals surface area contributed by atoms with Crippen LogP contribution in [-0.2, 0) is 20.1 Å². The number of ether oxygens (including phenoxy) is 1. The molecule has 0 radical (unpaired) electrons. The maximum Gasteiger partial charge on any atom is 0.306 e. The molecule has 0 aliphatic rings. The molecule has 0 heterocycles. The minimum atomic E-state index is -0.205. The Labute approximate surface area is 129 Å². The zero-order valence-corrected chi connectivity index (χ0v) is 13.2. The molecule has 21 heavy (non-hydrogen) atoms. The summed E-state index contributed by atoms with van der Waals surface area (Å²) in [6.07, 6.45) is 0.408. The Bertz CT molecular complexity index is 480. The number of nitrogens with two attached hydrogens (primary N) is 1. The molecule has 3 N–H and O–H groups in total. The molecule has 1 unspecified atom stereocenters. The van der Waals surface area contributed by atoms with Crippen LogP contribution >= 0.6 is 11.8 Å². The molecule has 0 saturated heterocycles. The number of carbonyl (C=O) groups excluding carboxylic acids is 2. The molecule has 1 aromatic rings. The highest BCUT2D eigenvalue weighted by atomic mass is 32.2. The number of anilines is 1. The Balaban J connectivity index is 2.45. The highest BCUT2D eigenvalue weighted by Crippen LogP contribution is 2.17. The Morgan fingerprint density at radius 2 is 2.19 bits per heavy atom. The predicted octanol–water partition coefficient (Wildman–Crippen LogP) is 2.02. The van der Waals surface area contributed by atoms with E-state index < -0.39 is 0 Å². The van der Waals surface area contributed by atoms with Crippen molar-refractivity contribution >= 4 is 29.3 Å². The van der Waals surface area contributed by atoms with Gasteiger partial charge >= 0.3 is 5.97 Å². The first-order chi connectivity index (χ1) is 10.1. The van der Waals surface area contributed by atoms with Crippen LogP contribution in [0.2, 0.25) is 0 Å². The van der Waals surface area contributed by atoms with Crippen LogP contribution in [0.15, 0.2) is 24.3 Å². The van der Waals surface area contributed by atoms with Crippen LogP contribution in [0, 0.1) is 5.92 Å². The van der Waals surface area contributed by atoms with Crippen molar-refractivity contribution in [3.8, 4) is 0 Å². The van der Waals surface area contributed by atoms with Crippen LogP contribution in [0.1, 0.15) is 18.9 Å². The van der Waals surface area contributed by atoms with E-state index in [2.05, 4.69) is 10.1 Å². The molecule has 0 spiro atoms. The van der Waals surface area contributed by atoms with Crippen molar-refractivity contribution in [3.05, 3.63) is 29.8 Å². The van der Waals surface area contributed by atoms with Crippen molar-refractivity contribution in [2.45, 2.75) is 19.1 Å². The Hall–Kier alpha value is -1.53. The fourth-order valence-corrected chi connectivity index (χ4v) is 2.43. The standard InChI is InChI=1S/C15H22N2O3S/c1-11(9-16)15(19)17-13-5-3-4-12(8-13)10-21-7-6-14(18)20-2/h3-5,8,11H,6-7,9-10,16H2,1-2H3,(H,17,19). The van der Waals surface area contributed by atoms with E-state index in [4.69, 9.17) is 5.73 Å². The van der Waals surface area contributed by atoms with E-state index >= 15 is 0 Å². The highest BCUT2D eigenvalue weighted by molar-refractivity contribution is 7.98. The van der Waals surface area contributed by atoms with Crippen LogP contribution < -0.4 is 11.1 Å². The second kappa shape index (κ2) is 9.41. The van der Waals surface area contributed by atoms with Gasteiger partial charge in [-0.2, -0.15) is 11.8 Å². The van der Waals surface area contributed by atoms with E-state index in [1.54, 1.807) is 18.7 Å². The third-order valence-electron chi connectivity index (χ3n) is 2.94. The SMILES string of the molecule is COC(=O)CCSCc1cccc(NC(=O)C(C)CN)c1. The van der Waals surface area contributed by atoms with Crippen molar-refractivity contribution in [1.82, 2.24) is 0 Å². The summed E-state index contributed by atoms with van der Waals surface area (Å²) in [6.45, 7) is 2.12. The topological polar surface area (TPSA) is 81.4 Å². The van der Waals surface area contributed by atoms with Crippen molar-refractivity contribution in [3.63, 3.8) is 0 Å². The van der Waals surface area contributed by atoms with Gasteiger partial charge in [0.25, 0.3) is 0 Å². The van der Waals surface area contributed by atoms with Crippen LogP contribution in [-0.4, -0.2) is 31.3 Å². The summed E-state index contributed by atoms with van der Waals surface area (Å²) in [5.41, 5.74) is 7.34. The second-order valence-corrected chi connectivity index (χ2v) is 5.81. The molecule has 0 aliphatic carbocycles. The molecule has 1 amide bonds. The van der Waals surface area contributed by atoms with Crippen molar-refractivity contribution in [2.75, 3.05) is 24.7 Å². The van der Waals surface area contributed by atoms with Crippen LogP contribution in [0.4, 0.5) is 5.69 Å². The van der Waals surface area contributed by atoms with E-state index in [0.717, 1.165) is 17.0 Å². The third kappa shape index (κ3) is 6.64. The number of thioether (sulfide) groups is 1. The predicted molar refractivity (Wildman–Crippen MR) is 86.1 cm³/mol. The van der Waals surface area contributed by atoms with Crippen molar-refractivity contribution in [1.29, 1.82) is 0 Å². The summed E-state index contributed by atoms with van der Waals surface area (Å²) in [5, 5.41) is 2.85. The lowest BCUT2D eigenvalue weighted by Crippen LogP contribution is -2.26. The average molecular weight is 310 g/mol. The highest BCUT2D eigenvalue weighted by Gasteiger charge is 2.10. The molecule has 1 atom stereocenters. The summed E-state index contributed by atoms with van der Waals surface area (Å²) in [6, 6.07) is 7.68. The Kier molecular flexibility index (Phi) is 7.85. The van der Waals surface area contributed by atoms with Crippen LogP contribution in [0.5, 0.6) is 0 Å². The summed E-state index contributed by atoms with van der Waals surface area (Å²) in [4.78, 5) is 22.8. The monoisotopic (exact) mass is 310 g/mol. The molecule has 0 aromatic heterocycles. The van der Waals surface area contributed by atoms with Crippen molar-refractivity contribution < 1.29 is 14.3 Å². The number of nitrogens with one attached hydrogen (secondary N) is 1. The minimum absolute atomic E-state index is 0.0759. The lowest BCUT2D eigenvalue weighted by Gasteiger charge is -2.11. The van der Waals surface area contributed by atoms with Gasteiger partial charge in [0.05, 0.1) is 13.5 Å². The van der Waals surface area contributed by atoms with E-state index in [1.165, 1.54) is 7.11 Å². The van der Waals surface area contributed by atoms with Gasteiger partial charge in [0, 0.05) is 29.7 Å². The quantitative estimate of drug-likeness (QED) is 0.567. The van der Waals surface area contributed by atoms with E-state index in [-0.39, 0.29) is 17.8 Å². The molecule has 0 fully saturated rings. The second-order valence-electron chi connectivity index (χ2n) is 4.71. The number of methoxy groups -OCH3 is 1. The normalized spacial score (nSPS) is 11.8. The summed E-state index contributed by atoms with van der Waals surface area (Å²) >= 11 is 1.65. The lowest BCUT2D eigenvalue weighted by molar-refractivity contribution is -0.140. The molecule has 116 valence electrons. The molecule has 0 saturated carbocycles. The number of amides is 1. The Morgan fingerprint density at radius 3 is 2.86 bits per heavy atom. The number of hydrogen-bond acceptors (Lipinski definition) is 5. The fraction of sp³-hybridized carbons (Fsp3) is 0.467. The Morgan fingerprint density at radius 1 is 1.43 bits per heavy atom. The number of hydrogen-bond donors (Lipinski definition) is 2. The minimum Gasteiger partial charge on any atom is -0.469 e. The van der Waals surface area contributed by atoms with Gasteiger partial charge in [-0.1, -0.05) is 19.1 Å². The van der Waals surface area contributed by atoms with Crippen LogP contribution in [0.25, 0.3) is 0 Å². The number of esters is 1. The maximum absolute atomic E-state index is 11.8. The van der Waals surface area contributed by atoms with E-state index in [1.807, 2.05) is 24.3 Å². The molecule has 1 aromatic carbocycles. The summed E-state index contributed by atoms with van der Waals surface area (Å²) in [7, 11) is 1.39. The third-order valence-corrected chi connectivity index (χ3v) is 3.97. The average Bonchev–Trinajstić information content (AvgIpc) is 2.50. The van der Waals surface area contributed by atoms with Gasteiger partial charge in [-0.25, -0.2) is 0 Å². The van der Waals surface area contributed by atoms with Gasteiger partial charge in [-0.3, -0.25) is 9.59 Å². The number of rotatable bonds is 8. The van der Waals surface area contributed by atoms with Gasteiger partial charge in [0.2, 0.25) is 5.91 Å². The maximum atomic E-state index is 11.8. The number of carbonyl (C=O) groups is 2. The lowest BCUT2D eigenvalue weighted by atomic mass is 10.1. The first-order valence-electron chi connectivity index (χ1n) is 6.81. The van der Waals surface area contributed by atoms with Crippen molar-refractivity contribution in [2.24, 2.45) is 11.7 Å². The van der Waals surface area contributed by atoms with Gasteiger partial charge in [0.15, 0.2) is 0 Å². The van der Waals surface area contributed by atoms with Gasteiger partial charge in [0.1, 0.15) is 0 Å². The summed E-state index contributed by atoms with van der Waals surface area (Å²) in [5.74, 6) is 1.02. The van der Waals surface area contributed by atoms with E-state index in [9.17, 15) is 9.59 Å². The van der Waals surface area contributed by atoms with Gasteiger partial charge in [-0.15, -0.1) is 0 Å². The zero-order chi connectivity index (χ0) is 15.7. The fourth-order valence-electron chi connectivity index (χ4n) is 1.56. The smallest absolute Gasteiger partial charge is 0.306 e. The van der Waals surface area contributed by atoms with Gasteiger partial charge < -0.3 is 15.8 Å². The van der Waals surface area contributed by atoms with E-state index in [0.29, 0.717) is 18.7 Å². The molecule has 0 bridgehead atoms. The molecule has 5 nitrogen and oxygen atoms in total. The molecular weight excluding hydrogens is 288 g/mol. The summed E-state index contributed by atoms with van der Waals surface area (Å²) < 4.78 is 4.59. The van der Waals surface area contributed by atoms with Crippen LogP contribution in [0.3, 0.4) is 0 Å². The zero-order valence-electron chi connectivity index (χ0n) is 12.4.